The predicted molar refractivity (Wildman–Crippen MR) is 157 cm³/mol. The van der Waals surface area contributed by atoms with Gasteiger partial charge in [0.15, 0.2) is 23.0 Å². The van der Waals surface area contributed by atoms with E-state index in [1.54, 1.807) is 20.4 Å². The highest BCUT2D eigenvalue weighted by molar-refractivity contribution is 5.98. The molecule has 2 aliphatic rings. The average Bonchev–Trinajstić information content (AvgIpc) is 3.01. The summed E-state index contributed by atoms with van der Waals surface area (Å²) in [6, 6.07) is 9.70. The summed E-state index contributed by atoms with van der Waals surface area (Å²) in [7, 11) is 5.37. The monoisotopic (exact) mass is 557 g/mol. The minimum absolute atomic E-state index is 0.313. The molecule has 10 heteroatoms. The van der Waals surface area contributed by atoms with E-state index >= 15 is 0 Å². The van der Waals surface area contributed by atoms with Crippen LogP contribution in [0.5, 0.6) is 23.0 Å². The molecule has 3 aromatic rings. The molecule has 0 amide bonds. The molecule has 0 unspecified atom stereocenters. The molecule has 3 heterocycles. The van der Waals surface area contributed by atoms with Gasteiger partial charge in [0.2, 0.25) is 0 Å². The lowest BCUT2D eigenvalue weighted by molar-refractivity contribution is 0.145. The smallest absolute Gasteiger partial charge is 0.186 e. The van der Waals surface area contributed by atoms with Crippen LogP contribution in [0.2, 0.25) is 0 Å². The van der Waals surface area contributed by atoms with E-state index in [0.29, 0.717) is 77.4 Å². The number of likely N-dealkylation sites (N-methyl/N-ethyl adjacent to an activating group) is 1. The van der Waals surface area contributed by atoms with E-state index < -0.39 is 0 Å². The third-order valence-electron chi connectivity index (χ3n) is 7.13. The lowest BCUT2D eigenvalue weighted by atomic mass is 10.1. The van der Waals surface area contributed by atoms with Crippen LogP contribution in [-0.4, -0.2) is 95.2 Å². The van der Waals surface area contributed by atoms with Crippen molar-refractivity contribution in [2.24, 2.45) is 0 Å². The van der Waals surface area contributed by atoms with E-state index in [4.69, 9.17) is 23.7 Å². The van der Waals surface area contributed by atoms with Gasteiger partial charge in [-0.25, -0.2) is 0 Å². The first-order chi connectivity index (χ1) is 20.1. The van der Waals surface area contributed by atoms with Gasteiger partial charge in [-0.15, -0.1) is 0 Å². The first kappa shape index (κ1) is 28.3. The number of ether oxygens (including phenoxy) is 5. The highest BCUT2D eigenvalue weighted by Gasteiger charge is 2.22. The van der Waals surface area contributed by atoms with E-state index in [0.717, 1.165) is 44.5 Å². The van der Waals surface area contributed by atoms with Gasteiger partial charge in [-0.1, -0.05) is 11.8 Å². The van der Waals surface area contributed by atoms with Crippen LogP contribution in [0.1, 0.15) is 17.5 Å². The summed E-state index contributed by atoms with van der Waals surface area (Å²) in [5, 5.41) is 14.1. The number of anilines is 2. The largest absolute Gasteiger partial charge is 0.493 e. The second kappa shape index (κ2) is 13.4. The maximum absolute atomic E-state index is 9.93. The fourth-order valence-electron chi connectivity index (χ4n) is 4.91. The molecular formula is C31H35N5O5. The zero-order valence-corrected chi connectivity index (χ0v) is 23.8. The van der Waals surface area contributed by atoms with Gasteiger partial charge in [-0.3, -0.25) is 4.98 Å². The third kappa shape index (κ3) is 6.58. The van der Waals surface area contributed by atoms with Crippen molar-refractivity contribution >= 4 is 22.3 Å². The minimum atomic E-state index is 0.313. The number of piperazine rings is 1. The molecule has 1 aromatic heterocycles. The zero-order valence-electron chi connectivity index (χ0n) is 23.8. The van der Waals surface area contributed by atoms with Crippen molar-refractivity contribution in [2.45, 2.75) is 6.42 Å². The highest BCUT2D eigenvalue weighted by Crippen LogP contribution is 2.43. The number of hydrogen-bond acceptors (Lipinski definition) is 10. The molecule has 2 aromatic carbocycles. The van der Waals surface area contributed by atoms with Crippen LogP contribution in [0.25, 0.3) is 10.9 Å². The van der Waals surface area contributed by atoms with Crippen molar-refractivity contribution in [3.63, 3.8) is 0 Å². The number of nitrogens with one attached hydrogen (secondary N) is 1. The van der Waals surface area contributed by atoms with E-state index in [1.807, 2.05) is 24.3 Å². The van der Waals surface area contributed by atoms with Gasteiger partial charge in [0.05, 0.1) is 41.7 Å². The second-order valence-electron chi connectivity index (χ2n) is 9.90. The van der Waals surface area contributed by atoms with Crippen LogP contribution in [0.15, 0.2) is 30.5 Å². The quantitative estimate of drug-likeness (QED) is 0.310. The van der Waals surface area contributed by atoms with Gasteiger partial charge in [0.25, 0.3) is 0 Å². The van der Waals surface area contributed by atoms with Crippen LogP contribution < -0.4 is 24.3 Å². The zero-order chi connectivity index (χ0) is 28.6. The lowest BCUT2D eigenvalue weighted by Gasteiger charge is -2.32. The van der Waals surface area contributed by atoms with Crippen LogP contribution in [0.4, 0.5) is 11.4 Å². The van der Waals surface area contributed by atoms with E-state index in [9.17, 15) is 5.26 Å². The molecule has 1 fully saturated rings. The normalized spacial score (nSPS) is 15.1. The van der Waals surface area contributed by atoms with Crippen LogP contribution in [0.3, 0.4) is 0 Å². The van der Waals surface area contributed by atoms with Gasteiger partial charge in [0, 0.05) is 57.5 Å². The number of hydrogen-bond donors (Lipinski definition) is 1. The molecular weight excluding hydrogens is 522 g/mol. The maximum Gasteiger partial charge on any atom is 0.186 e. The lowest BCUT2D eigenvalue weighted by Crippen LogP contribution is -2.44. The number of methoxy groups -OCH3 is 2. The number of benzene rings is 2. The molecule has 0 aliphatic carbocycles. The van der Waals surface area contributed by atoms with E-state index in [-0.39, 0.29) is 0 Å². The first-order valence-electron chi connectivity index (χ1n) is 13.7. The Balaban J connectivity index is 1.40. The Morgan fingerprint density at radius 1 is 1.02 bits per heavy atom. The summed E-state index contributed by atoms with van der Waals surface area (Å²) >= 11 is 0. The van der Waals surface area contributed by atoms with Crippen molar-refractivity contribution in [1.82, 2.24) is 14.8 Å². The molecule has 2 aliphatic heterocycles. The summed E-state index contributed by atoms with van der Waals surface area (Å²) < 4.78 is 28.8. The summed E-state index contributed by atoms with van der Waals surface area (Å²) in [6.45, 7) is 7.07. The summed E-state index contributed by atoms with van der Waals surface area (Å²) in [5.74, 6) is 8.33. The molecule has 0 saturated carbocycles. The Bertz CT molecular complexity index is 1480. The summed E-state index contributed by atoms with van der Waals surface area (Å²) in [6.07, 6.45) is 2.47. The number of nitrogens with zero attached hydrogens (tertiary/aromatic N) is 4. The Morgan fingerprint density at radius 3 is 2.59 bits per heavy atom. The molecule has 10 nitrogen and oxygen atoms in total. The number of nitriles is 1. The van der Waals surface area contributed by atoms with Crippen molar-refractivity contribution in [3.05, 3.63) is 41.6 Å². The number of fused-ring (bicyclic) bond motifs is 2. The fraction of sp³-hybridized carbons (Fsp3) is 0.419. The minimum Gasteiger partial charge on any atom is -0.493 e. The molecule has 5 rings (SSSR count). The van der Waals surface area contributed by atoms with Gasteiger partial charge in [-0.2, -0.15) is 5.26 Å². The number of pyridine rings is 1. The highest BCUT2D eigenvalue weighted by atomic mass is 16.6. The van der Waals surface area contributed by atoms with E-state index in [1.165, 1.54) is 0 Å². The molecule has 1 N–H and O–H groups in total. The SMILES string of the molecule is COCC#Cc1ccc(Nc2c(C#N)cnc3cc(OCCCN4CCN(C)CC4)c(OC)cc23)c2c1OCCO2. The van der Waals surface area contributed by atoms with Crippen molar-refractivity contribution in [3.8, 4) is 40.9 Å². The predicted octanol–water partition coefficient (Wildman–Crippen LogP) is 3.64. The Labute approximate surface area is 240 Å². The molecule has 1 saturated heterocycles. The average molecular weight is 558 g/mol. The molecule has 0 bridgehead atoms. The van der Waals surface area contributed by atoms with Crippen molar-refractivity contribution < 1.29 is 23.7 Å². The van der Waals surface area contributed by atoms with Crippen LogP contribution in [0, 0.1) is 23.2 Å². The Morgan fingerprint density at radius 2 is 1.83 bits per heavy atom. The Hall–Kier alpha value is -4.22. The van der Waals surface area contributed by atoms with Crippen LogP contribution in [-0.2, 0) is 4.74 Å². The van der Waals surface area contributed by atoms with Crippen molar-refractivity contribution in [1.29, 1.82) is 5.26 Å². The molecule has 214 valence electrons. The standard InChI is InChI=1S/C31H35N5O5/c1-35-10-12-36(13-11-35)9-5-15-39-28-19-26-24(18-27(28)38-3)29(23(20-32)21-33-26)34-25-8-7-22(6-4-14-37-2)30-31(25)41-17-16-40-30/h7-8,18-19,21H,5,9-17H2,1-3H3,(H,33,34). The maximum atomic E-state index is 9.93. The fourth-order valence-corrected chi connectivity index (χ4v) is 4.91. The molecule has 0 atom stereocenters. The second-order valence-corrected chi connectivity index (χ2v) is 9.90. The van der Waals surface area contributed by atoms with Gasteiger partial charge >= 0.3 is 0 Å². The van der Waals surface area contributed by atoms with Gasteiger partial charge in [0.1, 0.15) is 25.9 Å². The molecule has 0 spiro atoms. The summed E-state index contributed by atoms with van der Waals surface area (Å²) in [5.41, 5.74) is 3.01. The first-order valence-corrected chi connectivity index (χ1v) is 13.7. The molecule has 41 heavy (non-hydrogen) atoms. The van der Waals surface area contributed by atoms with Crippen molar-refractivity contribution in [2.75, 3.05) is 85.7 Å². The topological polar surface area (TPSA) is 101 Å². The Kier molecular flexibility index (Phi) is 9.27. The van der Waals surface area contributed by atoms with E-state index in [2.05, 4.69) is 45.1 Å². The number of aromatic nitrogens is 1. The van der Waals surface area contributed by atoms with Crippen LogP contribution >= 0.6 is 0 Å². The third-order valence-corrected chi connectivity index (χ3v) is 7.13. The number of rotatable bonds is 9. The summed E-state index contributed by atoms with van der Waals surface area (Å²) in [4.78, 5) is 9.37. The van der Waals surface area contributed by atoms with Gasteiger partial charge < -0.3 is 38.8 Å². The molecule has 0 radical (unpaired) electrons. The van der Waals surface area contributed by atoms with Gasteiger partial charge in [-0.05, 0) is 31.7 Å².